The van der Waals surface area contributed by atoms with Crippen LogP contribution in [0.15, 0.2) is 24.3 Å². The number of rotatable bonds is 2. The van der Waals surface area contributed by atoms with E-state index in [9.17, 15) is 4.79 Å². The molecule has 0 bridgehead atoms. The molecular formula is C14H12ClNOS. The number of aryl methyl sites for hydroxylation is 1. The van der Waals surface area contributed by atoms with Crippen LogP contribution in [-0.4, -0.2) is 5.94 Å². The number of hydrogen-bond acceptors (Lipinski definition) is 3. The lowest BCUT2D eigenvalue weighted by Gasteiger charge is -2.05. The zero-order valence-electron chi connectivity index (χ0n) is 10.1. The smallest absolute Gasteiger partial charge is 0.133 e. The molecule has 2 nitrogen and oxygen atoms in total. The molecule has 1 aromatic carbocycles. The van der Waals surface area contributed by atoms with Gasteiger partial charge in [0.1, 0.15) is 5.94 Å². The Morgan fingerprint density at radius 1 is 1.28 bits per heavy atom. The van der Waals surface area contributed by atoms with E-state index in [1.807, 2.05) is 19.8 Å². The summed E-state index contributed by atoms with van der Waals surface area (Å²) in [6.45, 7) is 3.95. The van der Waals surface area contributed by atoms with Gasteiger partial charge in [-0.25, -0.2) is 4.79 Å². The summed E-state index contributed by atoms with van der Waals surface area (Å²) in [6, 6.07) is 7.10. The molecule has 2 aromatic rings. The minimum Gasteiger partial charge on any atom is -0.390 e. The molecule has 0 atom stereocenters. The van der Waals surface area contributed by atoms with E-state index in [0.717, 1.165) is 21.6 Å². The molecule has 0 aliphatic carbocycles. The Morgan fingerprint density at radius 2 is 1.89 bits per heavy atom. The Morgan fingerprint density at radius 3 is 2.33 bits per heavy atom. The summed E-state index contributed by atoms with van der Waals surface area (Å²) in [5, 5.41) is 1.29. The van der Waals surface area contributed by atoms with Crippen LogP contribution in [0.1, 0.15) is 21.6 Å². The molecule has 0 radical (unpaired) electrons. The second-order valence-electron chi connectivity index (χ2n) is 4.01. The van der Waals surface area contributed by atoms with Gasteiger partial charge in [-0.3, -0.25) is 0 Å². The van der Waals surface area contributed by atoms with Gasteiger partial charge in [-0.2, -0.15) is 0 Å². The fraction of sp³-hybridized carbons (Fsp3) is 0.143. The second kappa shape index (κ2) is 4.99. The van der Waals surface area contributed by atoms with Gasteiger partial charge in [0.05, 0.1) is 10.6 Å². The normalized spacial score (nSPS) is 10.2. The van der Waals surface area contributed by atoms with Crippen molar-refractivity contribution in [1.29, 1.82) is 0 Å². The third-order valence-corrected chi connectivity index (χ3v) is 4.19. The molecule has 0 spiro atoms. The lowest BCUT2D eigenvalue weighted by atomic mass is 9.97. The van der Waals surface area contributed by atoms with Crippen molar-refractivity contribution in [3.8, 4) is 0 Å². The number of nitrogens with two attached hydrogens (primary N) is 1. The number of benzene rings is 1. The monoisotopic (exact) mass is 277 g/mol. The van der Waals surface area contributed by atoms with E-state index < -0.39 is 0 Å². The number of carbonyl (C=O) groups excluding carboxylic acids is 1. The predicted molar refractivity (Wildman–Crippen MR) is 77.9 cm³/mol. The van der Waals surface area contributed by atoms with Gasteiger partial charge in [-0.1, -0.05) is 23.7 Å². The molecule has 0 fully saturated rings. The average molecular weight is 278 g/mol. The van der Waals surface area contributed by atoms with Crippen LogP contribution in [0, 0.1) is 13.8 Å². The first kappa shape index (κ1) is 12.9. The van der Waals surface area contributed by atoms with Gasteiger partial charge in [0, 0.05) is 15.5 Å². The first-order valence-corrected chi connectivity index (χ1v) is 6.61. The van der Waals surface area contributed by atoms with Gasteiger partial charge in [0.2, 0.25) is 0 Å². The van der Waals surface area contributed by atoms with Crippen molar-refractivity contribution in [3.05, 3.63) is 50.9 Å². The number of hydrogen-bond donors (Lipinski definition) is 1. The molecule has 0 aliphatic heterocycles. The number of anilines is 1. The maximum Gasteiger partial charge on any atom is 0.133 e. The van der Waals surface area contributed by atoms with Crippen LogP contribution in [0.25, 0.3) is 5.57 Å². The molecule has 2 rings (SSSR count). The van der Waals surface area contributed by atoms with Crippen molar-refractivity contribution < 1.29 is 4.79 Å². The molecule has 0 aliphatic rings. The highest BCUT2D eigenvalue weighted by atomic mass is 35.5. The molecule has 92 valence electrons. The van der Waals surface area contributed by atoms with E-state index in [2.05, 4.69) is 0 Å². The summed E-state index contributed by atoms with van der Waals surface area (Å²) in [7, 11) is 0. The minimum absolute atomic E-state index is 0.492. The average Bonchev–Trinajstić information content (AvgIpc) is 2.59. The third kappa shape index (κ3) is 2.21. The van der Waals surface area contributed by atoms with E-state index in [-0.39, 0.29) is 0 Å². The Hall–Kier alpha value is -1.54. The zero-order valence-corrected chi connectivity index (χ0v) is 11.7. The van der Waals surface area contributed by atoms with Crippen molar-refractivity contribution in [2.45, 2.75) is 13.8 Å². The van der Waals surface area contributed by atoms with E-state index in [1.165, 1.54) is 11.3 Å². The van der Waals surface area contributed by atoms with Crippen molar-refractivity contribution in [2.24, 2.45) is 0 Å². The molecule has 1 heterocycles. The van der Waals surface area contributed by atoms with Gasteiger partial charge >= 0.3 is 0 Å². The number of nitrogen functional groups attached to an aromatic ring is 1. The molecule has 0 unspecified atom stereocenters. The van der Waals surface area contributed by atoms with Crippen molar-refractivity contribution in [3.63, 3.8) is 0 Å². The van der Waals surface area contributed by atoms with Gasteiger partial charge in [0.25, 0.3) is 0 Å². The number of thiophene rings is 1. The summed E-state index contributed by atoms with van der Waals surface area (Å²) < 4.78 is 0. The number of halogens is 1. The SMILES string of the molecule is Cc1sc(N)c(C(=C=O)c2ccc(Cl)cc2)c1C. The maximum atomic E-state index is 11.3. The molecule has 4 heteroatoms. The topological polar surface area (TPSA) is 43.1 Å². The minimum atomic E-state index is 0.492. The molecule has 0 amide bonds. The summed E-state index contributed by atoms with van der Waals surface area (Å²) in [4.78, 5) is 12.4. The Balaban J connectivity index is 2.60. The van der Waals surface area contributed by atoms with Crippen LogP contribution in [0.5, 0.6) is 0 Å². The molecule has 0 saturated carbocycles. The molecule has 0 saturated heterocycles. The van der Waals surface area contributed by atoms with E-state index in [0.29, 0.717) is 15.6 Å². The lowest BCUT2D eigenvalue weighted by Crippen LogP contribution is -1.94. The van der Waals surface area contributed by atoms with Crippen LogP contribution in [0.3, 0.4) is 0 Å². The van der Waals surface area contributed by atoms with Gasteiger partial charge < -0.3 is 5.73 Å². The zero-order chi connectivity index (χ0) is 13.3. The fourth-order valence-electron chi connectivity index (χ4n) is 1.83. The highest BCUT2D eigenvalue weighted by Crippen LogP contribution is 2.36. The molecule has 18 heavy (non-hydrogen) atoms. The highest BCUT2D eigenvalue weighted by Gasteiger charge is 2.16. The van der Waals surface area contributed by atoms with Crippen molar-refractivity contribution >= 4 is 39.5 Å². The Kier molecular flexibility index (Phi) is 3.58. The summed E-state index contributed by atoms with van der Waals surface area (Å²) in [5.74, 6) is 2.00. The second-order valence-corrected chi connectivity index (χ2v) is 5.70. The van der Waals surface area contributed by atoms with E-state index in [4.69, 9.17) is 17.3 Å². The van der Waals surface area contributed by atoms with Gasteiger partial charge in [0.15, 0.2) is 0 Å². The van der Waals surface area contributed by atoms with Crippen LogP contribution in [-0.2, 0) is 4.79 Å². The van der Waals surface area contributed by atoms with Crippen molar-refractivity contribution in [1.82, 2.24) is 0 Å². The standard InChI is InChI=1S/C14H12ClNOS/c1-8-9(2)18-14(16)13(8)12(7-17)10-3-5-11(15)6-4-10/h3-6H,16H2,1-2H3. The predicted octanol–water partition coefficient (Wildman–Crippen LogP) is 3.86. The Labute approximate surface area is 115 Å². The largest absolute Gasteiger partial charge is 0.390 e. The molecule has 1 aromatic heterocycles. The molecule has 2 N–H and O–H groups in total. The summed E-state index contributed by atoms with van der Waals surface area (Å²) >= 11 is 7.33. The van der Waals surface area contributed by atoms with Gasteiger partial charge in [-0.15, -0.1) is 11.3 Å². The Bertz CT molecular complexity index is 637. The highest BCUT2D eigenvalue weighted by molar-refractivity contribution is 7.16. The maximum absolute atomic E-state index is 11.3. The van der Waals surface area contributed by atoms with Crippen LogP contribution in [0.2, 0.25) is 5.02 Å². The van der Waals surface area contributed by atoms with Crippen molar-refractivity contribution in [2.75, 3.05) is 5.73 Å². The molecular weight excluding hydrogens is 266 g/mol. The summed E-state index contributed by atoms with van der Waals surface area (Å²) in [6.07, 6.45) is 0. The van der Waals surface area contributed by atoms with Crippen LogP contribution < -0.4 is 5.73 Å². The lowest BCUT2D eigenvalue weighted by molar-refractivity contribution is 0.569. The fourth-order valence-corrected chi connectivity index (χ4v) is 2.90. The van der Waals surface area contributed by atoms with Gasteiger partial charge in [-0.05, 0) is 37.1 Å². The van der Waals surface area contributed by atoms with E-state index >= 15 is 0 Å². The first-order chi connectivity index (χ1) is 8.54. The van der Waals surface area contributed by atoms with Crippen LogP contribution >= 0.6 is 22.9 Å². The third-order valence-electron chi connectivity index (χ3n) is 2.90. The first-order valence-electron chi connectivity index (χ1n) is 5.41. The van der Waals surface area contributed by atoms with E-state index in [1.54, 1.807) is 24.3 Å². The van der Waals surface area contributed by atoms with Crippen LogP contribution in [0.4, 0.5) is 5.00 Å². The summed E-state index contributed by atoms with van der Waals surface area (Å²) in [5.41, 5.74) is 9.07. The quantitative estimate of drug-likeness (QED) is 0.847.